The maximum atomic E-state index is 13.1. The molecule has 0 fully saturated rings. The van der Waals surface area contributed by atoms with Crippen molar-refractivity contribution in [1.29, 1.82) is 0 Å². The lowest BCUT2D eigenvalue weighted by Gasteiger charge is -2.30. The lowest BCUT2D eigenvalue weighted by atomic mass is 10.0. The highest BCUT2D eigenvalue weighted by Crippen LogP contribution is 2.19. The van der Waals surface area contributed by atoms with Gasteiger partial charge in [-0.15, -0.1) is 0 Å². The standard InChI is InChI=1S/C69H132N4O8.2ClH/c1-9-13-17-19-21-23-28-34-40-48-59-73(7,8)61-69(79)81-65(53-42-16-12-4)63(75)51-44-36-30-25-27-32-38-46-55-67(77)71-57-49-56-70-66(76)54-45-37-31-26-24-29-35-43-50-62(74)64(52-41-15-11-3)80-68(78)60-72(5,6)58-47-39-33-22-20-18-14-10-2;;/h35-36,43-44,62-65,74-75H,9-34,37-42,45-61H2,1-8H3;2*1H/b43-35-,44-36+;;. The zero-order valence-electron chi connectivity index (χ0n) is 55.3. The van der Waals surface area contributed by atoms with Gasteiger partial charge in [-0.05, 0) is 109 Å². The summed E-state index contributed by atoms with van der Waals surface area (Å²) in [5.74, 6) is -0.273. The predicted molar refractivity (Wildman–Crippen MR) is 341 cm³/mol. The van der Waals surface area contributed by atoms with Crippen molar-refractivity contribution >= 4 is 23.8 Å². The third kappa shape index (κ3) is 57.3. The molecule has 0 aliphatic heterocycles. The molecule has 0 rings (SSSR count). The fraction of sp³-hybridized carbons (Fsp3) is 0.884. The van der Waals surface area contributed by atoms with Gasteiger partial charge in [-0.2, -0.15) is 0 Å². The summed E-state index contributed by atoms with van der Waals surface area (Å²) in [5, 5.41) is 28.1. The van der Waals surface area contributed by atoms with Crippen molar-refractivity contribution in [2.75, 3.05) is 67.5 Å². The first kappa shape index (κ1) is 85.0. The van der Waals surface area contributed by atoms with Crippen LogP contribution in [-0.4, -0.2) is 135 Å². The number of nitrogens with zero attached hydrogens (tertiary/aromatic N) is 2. The van der Waals surface area contributed by atoms with Crippen LogP contribution in [0.2, 0.25) is 0 Å². The highest BCUT2D eigenvalue weighted by molar-refractivity contribution is 5.76. The van der Waals surface area contributed by atoms with Crippen molar-refractivity contribution in [1.82, 2.24) is 10.6 Å². The fourth-order valence-electron chi connectivity index (χ4n) is 10.7. The van der Waals surface area contributed by atoms with Crippen LogP contribution in [0.15, 0.2) is 24.3 Å². The lowest BCUT2D eigenvalue weighted by molar-refractivity contribution is -0.883. The molecule has 0 spiro atoms. The number of likely N-dealkylation sites (N-methyl/N-ethyl adjacent to an activating group) is 2. The molecule has 12 nitrogen and oxygen atoms in total. The van der Waals surface area contributed by atoms with Gasteiger partial charge in [-0.3, -0.25) is 9.59 Å². The highest BCUT2D eigenvalue weighted by atomic mass is 35.5. The van der Waals surface area contributed by atoms with Gasteiger partial charge in [0.05, 0.1) is 53.5 Å². The number of rotatable bonds is 60. The number of carbonyl (C=O) groups excluding carboxylic acids is 4. The van der Waals surface area contributed by atoms with Crippen LogP contribution in [0.4, 0.5) is 0 Å². The Labute approximate surface area is 524 Å². The van der Waals surface area contributed by atoms with E-state index in [0.717, 1.165) is 148 Å². The molecule has 0 saturated carbocycles. The Balaban J connectivity index is -0.0000320. The van der Waals surface area contributed by atoms with Gasteiger partial charge in [0.1, 0.15) is 12.2 Å². The van der Waals surface area contributed by atoms with E-state index in [1.165, 1.54) is 103 Å². The summed E-state index contributed by atoms with van der Waals surface area (Å²) in [6.45, 7) is 12.5. The molecule has 83 heavy (non-hydrogen) atoms. The van der Waals surface area contributed by atoms with Crippen LogP contribution in [0, 0.1) is 0 Å². The number of allylic oxidation sites excluding steroid dienone is 2. The van der Waals surface area contributed by atoms with Crippen LogP contribution in [0.1, 0.15) is 304 Å². The van der Waals surface area contributed by atoms with Crippen LogP contribution in [0.25, 0.3) is 0 Å². The Hall–Kier alpha value is -2.22. The van der Waals surface area contributed by atoms with E-state index in [9.17, 15) is 29.4 Å². The van der Waals surface area contributed by atoms with E-state index >= 15 is 0 Å². The van der Waals surface area contributed by atoms with Crippen LogP contribution in [-0.2, 0) is 28.7 Å². The van der Waals surface area contributed by atoms with Crippen molar-refractivity contribution in [2.24, 2.45) is 0 Å². The molecule has 0 heterocycles. The number of aliphatic hydroxyl groups is 2. The lowest BCUT2D eigenvalue weighted by Crippen LogP contribution is -3.00. The average molecular weight is 1220 g/mol. The normalized spacial score (nSPS) is 13.3. The predicted octanol–water partition coefficient (Wildman–Crippen LogP) is 9.89. The first-order chi connectivity index (χ1) is 39.1. The molecule has 0 saturated heterocycles. The van der Waals surface area contributed by atoms with E-state index in [1.807, 2.05) is 12.2 Å². The summed E-state index contributed by atoms with van der Waals surface area (Å²) in [7, 11) is 8.43. The Kier molecular flexibility index (Phi) is 61.5. The number of halogens is 2. The number of carbonyl (C=O) groups is 4. The Morgan fingerprint density at radius 3 is 1.01 bits per heavy atom. The average Bonchev–Trinajstić information content (AvgIpc) is 3.42. The maximum Gasteiger partial charge on any atom is 0.362 e. The van der Waals surface area contributed by atoms with Crippen molar-refractivity contribution < 1.29 is 72.6 Å². The zero-order valence-corrected chi connectivity index (χ0v) is 56.8. The minimum absolute atomic E-state index is 0. The summed E-state index contributed by atoms with van der Waals surface area (Å²) >= 11 is 0. The Morgan fingerprint density at radius 2 is 0.675 bits per heavy atom. The van der Waals surface area contributed by atoms with E-state index in [4.69, 9.17) is 9.47 Å². The molecule has 0 aliphatic carbocycles. The van der Waals surface area contributed by atoms with E-state index in [1.54, 1.807) is 0 Å². The minimum Gasteiger partial charge on any atom is -1.00 e. The number of amides is 2. The van der Waals surface area contributed by atoms with Crippen molar-refractivity contribution in [2.45, 2.75) is 328 Å². The Bertz CT molecular complexity index is 1550. The number of aliphatic hydroxyl groups excluding tert-OH is 2. The number of quaternary nitrogens is 2. The van der Waals surface area contributed by atoms with Gasteiger partial charge in [-0.1, -0.05) is 206 Å². The van der Waals surface area contributed by atoms with Gasteiger partial charge in [0, 0.05) is 25.9 Å². The topological polar surface area (TPSA) is 151 Å². The third-order valence-corrected chi connectivity index (χ3v) is 16.1. The second-order valence-electron chi connectivity index (χ2n) is 25.6. The van der Waals surface area contributed by atoms with Crippen LogP contribution in [0.5, 0.6) is 0 Å². The van der Waals surface area contributed by atoms with Gasteiger partial charge < -0.3 is 64.1 Å². The zero-order chi connectivity index (χ0) is 59.9. The van der Waals surface area contributed by atoms with Gasteiger partial charge in [0.25, 0.3) is 0 Å². The smallest absolute Gasteiger partial charge is 0.362 e. The molecule has 4 unspecified atom stereocenters. The quantitative estimate of drug-likeness (QED) is 0.0204. The molecule has 4 N–H and O–H groups in total. The summed E-state index contributed by atoms with van der Waals surface area (Å²) in [6, 6.07) is 0. The monoisotopic (exact) mass is 1220 g/mol. The fourth-order valence-corrected chi connectivity index (χ4v) is 10.7. The summed E-state index contributed by atoms with van der Waals surface area (Å²) in [6.07, 6.45) is 51.7. The second-order valence-corrected chi connectivity index (χ2v) is 25.6. The largest absolute Gasteiger partial charge is 1.00 e. The van der Waals surface area contributed by atoms with Crippen molar-refractivity contribution in [3.63, 3.8) is 0 Å². The van der Waals surface area contributed by atoms with Gasteiger partial charge in [0.15, 0.2) is 13.1 Å². The number of hydrogen-bond donors (Lipinski definition) is 4. The van der Waals surface area contributed by atoms with E-state index in [-0.39, 0.29) is 48.6 Å². The molecule has 0 aromatic heterocycles. The summed E-state index contributed by atoms with van der Waals surface area (Å²) in [5.41, 5.74) is 0. The van der Waals surface area contributed by atoms with Crippen molar-refractivity contribution in [3.8, 4) is 0 Å². The third-order valence-electron chi connectivity index (χ3n) is 16.1. The minimum atomic E-state index is -0.699. The maximum absolute atomic E-state index is 13.1. The Morgan fingerprint density at radius 1 is 0.386 bits per heavy atom. The van der Waals surface area contributed by atoms with E-state index in [0.29, 0.717) is 73.7 Å². The second kappa shape index (κ2) is 60.1. The molecule has 0 bridgehead atoms. The molecule has 492 valence electrons. The number of unbranched alkanes of at least 4 members (excludes halogenated alkanes) is 30. The van der Waals surface area contributed by atoms with Crippen LogP contribution >= 0.6 is 0 Å². The molecule has 0 radical (unpaired) electrons. The number of ether oxygens (including phenoxy) is 2. The first-order valence-corrected chi connectivity index (χ1v) is 34.3. The summed E-state index contributed by atoms with van der Waals surface area (Å²) < 4.78 is 13.1. The van der Waals surface area contributed by atoms with Gasteiger partial charge in [0.2, 0.25) is 11.8 Å². The first-order valence-electron chi connectivity index (χ1n) is 34.3. The molecule has 14 heteroatoms. The molecule has 2 amide bonds. The number of esters is 2. The van der Waals surface area contributed by atoms with E-state index in [2.05, 4.69) is 78.7 Å². The van der Waals surface area contributed by atoms with Crippen LogP contribution in [0.3, 0.4) is 0 Å². The molecular formula is C69H134Cl2N4O8. The highest BCUT2D eigenvalue weighted by Gasteiger charge is 2.28. The van der Waals surface area contributed by atoms with Crippen LogP contribution < -0.4 is 35.4 Å². The molecule has 0 aromatic rings. The van der Waals surface area contributed by atoms with E-state index < -0.39 is 24.4 Å². The van der Waals surface area contributed by atoms with Gasteiger partial charge in [-0.25, -0.2) is 9.59 Å². The number of nitrogens with one attached hydrogen (secondary N) is 2. The molecule has 4 atom stereocenters. The van der Waals surface area contributed by atoms with Gasteiger partial charge >= 0.3 is 11.9 Å². The summed E-state index contributed by atoms with van der Waals surface area (Å²) in [4.78, 5) is 50.9. The van der Waals surface area contributed by atoms with Crippen molar-refractivity contribution in [3.05, 3.63) is 24.3 Å². The molecular weight excluding hydrogens is 1080 g/mol. The number of hydrogen-bond acceptors (Lipinski definition) is 8. The SMILES string of the molecule is CCCCCCCCCCCC[N+](C)(C)CC(=O)OC(CCCCC)C(O)C/C=C/CCCCCCCC(=O)NCCCNC(=O)CCCCCCC/C=C\CC(O)C(CCCCC)OC(=O)C[N+](C)(C)CCCCCCCCCC.[Cl-].[Cl-]. The molecule has 0 aliphatic rings. The molecule has 0 aromatic carbocycles.